The van der Waals surface area contributed by atoms with E-state index in [0.29, 0.717) is 25.7 Å². The van der Waals surface area contributed by atoms with Crippen molar-refractivity contribution < 1.29 is 9.59 Å². The maximum Gasteiger partial charge on any atom is 0.236 e. The van der Waals surface area contributed by atoms with Crippen molar-refractivity contribution in [2.75, 3.05) is 45.8 Å². The molecule has 6 nitrogen and oxygen atoms in total. The number of carbonyl (C=O) groups is 2. The van der Waals surface area contributed by atoms with Gasteiger partial charge in [0.25, 0.3) is 0 Å². The summed E-state index contributed by atoms with van der Waals surface area (Å²) >= 11 is 1.66. The minimum absolute atomic E-state index is 0.0741. The molecule has 3 rings (SSSR count). The second-order valence-electron chi connectivity index (χ2n) is 7.34. The Morgan fingerprint density at radius 3 is 2.50 bits per heavy atom. The van der Waals surface area contributed by atoms with Crippen LogP contribution in [0.15, 0.2) is 17.5 Å². The number of carbonyl (C=O) groups excluding carboxylic acids is 2. The van der Waals surface area contributed by atoms with E-state index < -0.39 is 0 Å². The Hall–Kier alpha value is -1.44. The summed E-state index contributed by atoms with van der Waals surface area (Å²) < 4.78 is 0. The van der Waals surface area contributed by atoms with E-state index in [9.17, 15) is 9.59 Å². The number of nitrogens with zero attached hydrogens (tertiary/aromatic N) is 3. The zero-order valence-electron chi connectivity index (χ0n) is 15.7. The second kappa shape index (κ2) is 9.48. The third kappa shape index (κ3) is 5.53. The van der Waals surface area contributed by atoms with Crippen molar-refractivity contribution in [2.24, 2.45) is 0 Å². The summed E-state index contributed by atoms with van der Waals surface area (Å²) in [5, 5.41) is 5.00. The Bertz CT molecular complexity index is 584. The number of rotatable bonds is 6. The van der Waals surface area contributed by atoms with Gasteiger partial charge in [0.05, 0.1) is 19.6 Å². The highest BCUT2D eigenvalue weighted by atomic mass is 32.1. The number of hydrogen-bond acceptors (Lipinski definition) is 5. The molecular weight excluding hydrogens is 348 g/mol. The molecule has 0 saturated carbocycles. The van der Waals surface area contributed by atoms with Gasteiger partial charge in [0.15, 0.2) is 0 Å². The first kappa shape index (κ1) is 19.3. The molecule has 2 aliphatic heterocycles. The molecule has 0 unspecified atom stereocenters. The summed E-state index contributed by atoms with van der Waals surface area (Å²) in [6, 6.07) is 4.41. The Kier molecular flexibility index (Phi) is 7.05. The van der Waals surface area contributed by atoms with Crippen LogP contribution in [0.5, 0.6) is 0 Å². The lowest BCUT2D eigenvalue weighted by molar-refractivity contribution is -0.136. The fraction of sp³-hybridized carbons (Fsp3) is 0.684. The van der Waals surface area contributed by atoms with Gasteiger partial charge in [-0.1, -0.05) is 6.07 Å². The Labute approximate surface area is 160 Å². The molecule has 26 heavy (non-hydrogen) atoms. The summed E-state index contributed by atoms with van der Waals surface area (Å²) in [6.07, 6.45) is 3.49. The molecule has 2 aliphatic rings. The summed E-state index contributed by atoms with van der Waals surface area (Å²) in [7, 11) is 0. The van der Waals surface area contributed by atoms with Crippen LogP contribution < -0.4 is 5.32 Å². The fourth-order valence-corrected chi connectivity index (χ4v) is 4.36. The lowest BCUT2D eigenvalue weighted by atomic mass is 10.0. The minimum atomic E-state index is 0.0741. The van der Waals surface area contributed by atoms with Crippen molar-refractivity contribution in [3.8, 4) is 0 Å². The largest absolute Gasteiger partial charge is 0.350 e. The Morgan fingerprint density at radius 2 is 1.85 bits per heavy atom. The quantitative estimate of drug-likeness (QED) is 0.813. The molecule has 0 aliphatic carbocycles. The SMILES string of the molecule is C[C@@H]1CCCCN1C(=O)CN1CCN(CC(=O)NCc2cccs2)CC1. The van der Waals surface area contributed by atoms with Crippen LogP contribution in [-0.4, -0.2) is 78.4 Å². The van der Waals surface area contributed by atoms with Crippen molar-refractivity contribution in [1.82, 2.24) is 20.0 Å². The summed E-state index contributed by atoms with van der Waals surface area (Å²) in [6.45, 7) is 8.02. The number of piperazine rings is 1. The van der Waals surface area contributed by atoms with Crippen molar-refractivity contribution >= 4 is 23.2 Å². The van der Waals surface area contributed by atoms with Gasteiger partial charge in [-0.25, -0.2) is 0 Å². The third-order valence-electron chi connectivity index (χ3n) is 5.35. The molecular formula is C19H30N4O2S. The van der Waals surface area contributed by atoms with Gasteiger partial charge in [-0.15, -0.1) is 11.3 Å². The van der Waals surface area contributed by atoms with E-state index in [1.807, 2.05) is 22.4 Å². The summed E-state index contributed by atoms with van der Waals surface area (Å²) in [5.41, 5.74) is 0. The number of piperidine rings is 1. The molecule has 2 amide bonds. The van der Waals surface area contributed by atoms with Crippen LogP contribution in [0.25, 0.3) is 0 Å². The van der Waals surface area contributed by atoms with E-state index in [2.05, 4.69) is 22.0 Å². The molecule has 0 aromatic carbocycles. The van der Waals surface area contributed by atoms with E-state index in [1.54, 1.807) is 11.3 Å². The van der Waals surface area contributed by atoms with Gasteiger partial charge in [-0.2, -0.15) is 0 Å². The number of nitrogens with one attached hydrogen (secondary N) is 1. The number of likely N-dealkylation sites (tertiary alicyclic amines) is 1. The third-order valence-corrected chi connectivity index (χ3v) is 6.23. The van der Waals surface area contributed by atoms with Crippen LogP contribution in [0.4, 0.5) is 0 Å². The van der Waals surface area contributed by atoms with Gasteiger partial charge in [0.1, 0.15) is 0 Å². The molecule has 1 N–H and O–H groups in total. The van der Waals surface area contributed by atoms with Gasteiger partial charge in [-0.05, 0) is 37.6 Å². The molecule has 2 fully saturated rings. The van der Waals surface area contributed by atoms with E-state index in [1.165, 1.54) is 11.3 Å². The molecule has 1 aromatic rings. The normalized spacial score (nSPS) is 22.3. The summed E-state index contributed by atoms with van der Waals surface area (Å²) in [5.74, 6) is 0.337. The van der Waals surface area contributed by atoms with Crippen molar-refractivity contribution in [1.29, 1.82) is 0 Å². The highest BCUT2D eigenvalue weighted by molar-refractivity contribution is 7.09. The predicted octanol–water partition coefficient (Wildman–Crippen LogP) is 1.38. The molecule has 0 radical (unpaired) electrons. The zero-order valence-corrected chi connectivity index (χ0v) is 16.5. The van der Waals surface area contributed by atoms with Crippen LogP contribution in [0, 0.1) is 0 Å². The second-order valence-corrected chi connectivity index (χ2v) is 8.37. The van der Waals surface area contributed by atoms with Gasteiger partial charge < -0.3 is 10.2 Å². The van der Waals surface area contributed by atoms with E-state index >= 15 is 0 Å². The average Bonchev–Trinajstić information content (AvgIpc) is 3.15. The van der Waals surface area contributed by atoms with Crippen LogP contribution in [0.2, 0.25) is 0 Å². The van der Waals surface area contributed by atoms with Gasteiger partial charge in [-0.3, -0.25) is 19.4 Å². The van der Waals surface area contributed by atoms with E-state index in [4.69, 9.17) is 0 Å². The molecule has 0 bridgehead atoms. The maximum atomic E-state index is 12.5. The highest BCUT2D eigenvalue weighted by Gasteiger charge is 2.26. The lowest BCUT2D eigenvalue weighted by Crippen LogP contribution is -2.53. The highest BCUT2D eigenvalue weighted by Crippen LogP contribution is 2.17. The van der Waals surface area contributed by atoms with Crippen LogP contribution >= 0.6 is 11.3 Å². The average molecular weight is 379 g/mol. The standard InChI is InChI=1S/C19H30N4O2S/c1-16-5-2-3-7-23(16)19(25)15-22-10-8-21(9-11-22)14-18(24)20-13-17-6-4-12-26-17/h4,6,12,16H,2-3,5,7-11,13-15H2,1H3,(H,20,24)/t16-/m1/s1. The first-order valence-corrected chi connectivity index (χ1v) is 10.5. The molecule has 1 atom stereocenters. The molecule has 144 valence electrons. The van der Waals surface area contributed by atoms with Gasteiger partial charge in [0, 0.05) is 43.6 Å². The minimum Gasteiger partial charge on any atom is -0.350 e. The molecule has 0 spiro atoms. The van der Waals surface area contributed by atoms with Gasteiger partial charge >= 0.3 is 0 Å². The van der Waals surface area contributed by atoms with Crippen LogP contribution in [-0.2, 0) is 16.1 Å². The van der Waals surface area contributed by atoms with Crippen LogP contribution in [0.1, 0.15) is 31.1 Å². The zero-order chi connectivity index (χ0) is 18.4. The van der Waals surface area contributed by atoms with Crippen molar-refractivity contribution in [3.63, 3.8) is 0 Å². The molecule has 7 heteroatoms. The Morgan fingerprint density at radius 1 is 1.12 bits per heavy atom. The smallest absolute Gasteiger partial charge is 0.236 e. The van der Waals surface area contributed by atoms with E-state index in [-0.39, 0.29) is 11.8 Å². The van der Waals surface area contributed by atoms with E-state index in [0.717, 1.165) is 45.6 Å². The topological polar surface area (TPSA) is 55.9 Å². The first-order chi connectivity index (χ1) is 12.6. The van der Waals surface area contributed by atoms with Crippen LogP contribution in [0.3, 0.4) is 0 Å². The summed E-state index contributed by atoms with van der Waals surface area (Å²) in [4.78, 5) is 32.3. The van der Waals surface area contributed by atoms with Crippen molar-refractivity contribution in [3.05, 3.63) is 22.4 Å². The molecule has 1 aromatic heterocycles. The number of thiophene rings is 1. The number of hydrogen-bond donors (Lipinski definition) is 1. The fourth-order valence-electron chi connectivity index (χ4n) is 3.71. The predicted molar refractivity (Wildman–Crippen MR) is 104 cm³/mol. The lowest BCUT2D eigenvalue weighted by Gasteiger charge is -2.37. The Balaban J connectivity index is 1.34. The maximum absolute atomic E-state index is 12.5. The molecule has 3 heterocycles. The van der Waals surface area contributed by atoms with Crippen molar-refractivity contribution in [2.45, 2.75) is 38.8 Å². The monoisotopic (exact) mass is 378 g/mol. The van der Waals surface area contributed by atoms with Gasteiger partial charge in [0.2, 0.25) is 11.8 Å². The molecule has 2 saturated heterocycles. The number of amides is 2. The first-order valence-electron chi connectivity index (χ1n) is 9.65.